The lowest BCUT2D eigenvalue weighted by Crippen LogP contribution is -2.30. The Balaban J connectivity index is 2.43. The van der Waals surface area contributed by atoms with Crippen molar-refractivity contribution in [2.45, 2.75) is 26.8 Å². The third kappa shape index (κ3) is 2.82. The summed E-state index contributed by atoms with van der Waals surface area (Å²) in [6, 6.07) is 6.24. The molecule has 1 amide bonds. The van der Waals surface area contributed by atoms with E-state index in [1.54, 1.807) is 12.1 Å². The molecule has 20 heavy (non-hydrogen) atoms. The van der Waals surface area contributed by atoms with Crippen LogP contribution < -0.4 is 11.1 Å². The van der Waals surface area contributed by atoms with E-state index in [1.165, 1.54) is 23.5 Å². The highest BCUT2D eigenvalue weighted by molar-refractivity contribution is 7.19. The van der Waals surface area contributed by atoms with E-state index in [0.29, 0.717) is 10.6 Å². The van der Waals surface area contributed by atoms with Gasteiger partial charge in [0.1, 0.15) is 5.82 Å². The predicted octanol–water partition coefficient (Wildman–Crippen LogP) is 3.58. The normalized spacial score (nSPS) is 10.8. The summed E-state index contributed by atoms with van der Waals surface area (Å²) < 4.78 is 13.0. The van der Waals surface area contributed by atoms with Gasteiger partial charge < -0.3 is 11.1 Å². The molecule has 0 atom stereocenters. The Kier molecular flexibility index (Phi) is 4.09. The Hall–Kier alpha value is -1.88. The lowest BCUT2D eigenvalue weighted by Gasteiger charge is -2.09. The molecule has 0 unspecified atom stereocenters. The van der Waals surface area contributed by atoms with Gasteiger partial charge in [0.05, 0.1) is 10.6 Å². The fourth-order valence-corrected chi connectivity index (χ4v) is 3.11. The van der Waals surface area contributed by atoms with E-state index in [-0.39, 0.29) is 17.8 Å². The van der Waals surface area contributed by atoms with Crippen molar-refractivity contribution < 1.29 is 9.18 Å². The fraction of sp³-hybridized carbons (Fsp3) is 0.267. The van der Waals surface area contributed by atoms with Crippen LogP contribution in [0, 0.1) is 12.7 Å². The first kappa shape index (κ1) is 14.5. The number of amides is 1. The second-order valence-electron chi connectivity index (χ2n) is 4.93. The van der Waals surface area contributed by atoms with Gasteiger partial charge in [-0.15, -0.1) is 11.3 Å². The van der Waals surface area contributed by atoms with Crippen LogP contribution in [0.3, 0.4) is 0 Å². The van der Waals surface area contributed by atoms with Crippen LogP contribution in [0.4, 0.5) is 9.39 Å². The Morgan fingerprint density at radius 2 is 1.90 bits per heavy atom. The third-order valence-electron chi connectivity index (χ3n) is 2.93. The number of carbonyl (C=O) groups is 1. The van der Waals surface area contributed by atoms with Gasteiger partial charge in [0.2, 0.25) is 0 Å². The quantitative estimate of drug-likeness (QED) is 0.908. The number of thiophene rings is 1. The maximum atomic E-state index is 13.0. The highest BCUT2D eigenvalue weighted by Crippen LogP contribution is 2.38. The predicted molar refractivity (Wildman–Crippen MR) is 81.5 cm³/mol. The molecule has 0 saturated carbocycles. The standard InChI is InChI=1S/C15H17FN2OS/c1-8(2)18-15(19)12-9(3)13(20-14(12)17)10-4-6-11(16)7-5-10/h4-8H,17H2,1-3H3,(H,18,19). The lowest BCUT2D eigenvalue weighted by atomic mass is 10.1. The van der Waals surface area contributed by atoms with Gasteiger partial charge in [-0.3, -0.25) is 4.79 Å². The van der Waals surface area contributed by atoms with Crippen molar-refractivity contribution in [2.75, 3.05) is 5.73 Å². The van der Waals surface area contributed by atoms with Crippen LogP contribution in [0.2, 0.25) is 0 Å². The van der Waals surface area contributed by atoms with Crippen LogP contribution >= 0.6 is 11.3 Å². The van der Waals surface area contributed by atoms with Crippen molar-refractivity contribution in [1.82, 2.24) is 5.32 Å². The topological polar surface area (TPSA) is 55.1 Å². The molecule has 1 heterocycles. The van der Waals surface area contributed by atoms with Gasteiger partial charge in [0.15, 0.2) is 0 Å². The highest BCUT2D eigenvalue weighted by atomic mass is 32.1. The molecule has 2 aromatic rings. The number of nitrogens with two attached hydrogens (primary N) is 1. The lowest BCUT2D eigenvalue weighted by molar-refractivity contribution is 0.0944. The number of benzene rings is 1. The molecule has 0 aliphatic heterocycles. The molecule has 3 N–H and O–H groups in total. The second-order valence-corrected chi connectivity index (χ2v) is 5.98. The van der Waals surface area contributed by atoms with E-state index >= 15 is 0 Å². The van der Waals surface area contributed by atoms with Gasteiger partial charge >= 0.3 is 0 Å². The van der Waals surface area contributed by atoms with E-state index in [1.807, 2.05) is 20.8 Å². The van der Waals surface area contributed by atoms with Gasteiger partial charge in [0, 0.05) is 10.9 Å². The molecule has 0 aliphatic carbocycles. The molecule has 1 aromatic carbocycles. The van der Waals surface area contributed by atoms with Crippen LogP contribution in [-0.2, 0) is 0 Å². The van der Waals surface area contributed by atoms with Crippen molar-refractivity contribution >= 4 is 22.2 Å². The molecule has 2 rings (SSSR count). The molecule has 0 aliphatic rings. The Morgan fingerprint density at radius 1 is 1.30 bits per heavy atom. The van der Waals surface area contributed by atoms with Crippen molar-refractivity contribution in [3.05, 3.63) is 41.2 Å². The fourth-order valence-electron chi connectivity index (χ4n) is 2.03. The summed E-state index contributed by atoms with van der Waals surface area (Å²) in [4.78, 5) is 13.1. The van der Waals surface area contributed by atoms with Gasteiger partial charge in [0.25, 0.3) is 5.91 Å². The van der Waals surface area contributed by atoms with Crippen molar-refractivity contribution in [3.8, 4) is 10.4 Å². The zero-order valence-corrected chi connectivity index (χ0v) is 12.5. The van der Waals surface area contributed by atoms with E-state index in [2.05, 4.69) is 5.32 Å². The first-order chi connectivity index (χ1) is 9.40. The molecular formula is C15H17FN2OS. The summed E-state index contributed by atoms with van der Waals surface area (Å²) >= 11 is 1.35. The molecular weight excluding hydrogens is 275 g/mol. The molecule has 0 saturated heterocycles. The minimum atomic E-state index is -0.284. The van der Waals surface area contributed by atoms with Crippen LogP contribution in [0.25, 0.3) is 10.4 Å². The molecule has 0 bridgehead atoms. The number of halogens is 1. The summed E-state index contributed by atoms with van der Waals surface area (Å²) in [5.74, 6) is -0.451. The van der Waals surface area contributed by atoms with E-state index in [9.17, 15) is 9.18 Å². The van der Waals surface area contributed by atoms with Crippen molar-refractivity contribution in [3.63, 3.8) is 0 Å². The number of nitrogen functional groups attached to an aromatic ring is 1. The number of carbonyl (C=O) groups excluding carboxylic acids is 1. The summed E-state index contributed by atoms with van der Waals surface area (Å²) in [6.07, 6.45) is 0. The van der Waals surface area contributed by atoms with Crippen LogP contribution in [-0.4, -0.2) is 11.9 Å². The Labute approximate surface area is 121 Å². The first-order valence-corrected chi connectivity index (χ1v) is 7.17. The summed E-state index contributed by atoms with van der Waals surface area (Å²) in [5.41, 5.74) is 8.18. The molecule has 5 heteroatoms. The van der Waals surface area contributed by atoms with E-state index in [4.69, 9.17) is 5.73 Å². The van der Waals surface area contributed by atoms with Gasteiger partial charge in [-0.05, 0) is 44.0 Å². The highest BCUT2D eigenvalue weighted by Gasteiger charge is 2.20. The summed E-state index contributed by atoms with van der Waals surface area (Å²) in [5, 5.41) is 3.33. The smallest absolute Gasteiger partial charge is 0.254 e. The monoisotopic (exact) mass is 292 g/mol. The second kappa shape index (κ2) is 5.63. The van der Waals surface area contributed by atoms with Gasteiger partial charge in [-0.2, -0.15) is 0 Å². The maximum absolute atomic E-state index is 13.0. The Morgan fingerprint density at radius 3 is 2.45 bits per heavy atom. The molecule has 1 aromatic heterocycles. The Bertz CT molecular complexity index is 632. The number of hydrogen-bond donors (Lipinski definition) is 2. The third-order valence-corrected chi connectivity index (χ3v) is 4.10. The average Bonchev–Trinajstić information content (AvgIpc) is 2.65. The molecule has 0 fully saturated rings. The summed E-state index contributed by atoms with van der Waals surface area (Å²) in [6.45, 7) is 5.66. The summed E-state index contributed by atoms with van der Waals surface area (Å²) in [7, 11) is 0. The SMILES string of the molecule is Cc1c(-c2ccc(F)cc2)sc(N)c1C(=O)NC(C)C. The first-order valence-electron chi connectivity index (χ1n) is 6.35. The minimum Gasteiger partial charge on any atom is -0.390 e. The minimum absolute atomic E-state index is 0.0514. The van der Waals surface area contributed by atoms with Crippen molar-refractivity contribution in [1.29, 1.82) is 0 Å². The van der Waals surface area contributed by atoms with Gasteiger partial charge in [-0.1, -0.05) is 12.1 Å². The number of anilines is 1. The zero-order chi connectivity index (χ0) is 14.9. The van der Waals surface area contributed by atoms with E-state index in [0.717, 1.165) is 16.0 Å². The van der Waals surface area contributed by atoms with E-state index < -0.39 is 0 Å². The van der Waals surface area contributed by atoms with Crippen molar-refractivity contribution in [2.24, 2.45) is 0 Å². The number of nitrogens with one attached hydrogen (secondary N) is 1. The van der Waals surface area contributed by atoms with Crippen LogP contribution in [0.15, 0.2) is 24.3 Å². The average molecular weight is 292 g/mol. The number of hydrogen-bond acceptors (Lipinski definition) is 3. The molecule has 106 valence electrons. The van der Waals surface area contributed by atoms with Gasteiger partial charge in [-0.25, -0.2) is 4.39 Å². The van der Waals surface area contributed by atoms with Crippen LogP contribution in [0.1, 0.15) is 29.8 Å². The molecule has 3 nitrogen and oxygen atoms in total. The molecule has 0 radical (unpaired) electrons. The number of rotatable bonds is 3. The zero-order valence-electron chi connectivity index (χ0n) is 11.7. The van der Waals surface area contributed by atoms with Crippen LogP contribution in [0.5, 0.6) is 0 Å². The molecule has 0 spiro atoms. The largest absolute Gasteiger partial charge is 0.390 e. The maximum Gasteiger partial charge on any atom is 0.254 e.